The summed E-state index contributed by atoms with van der Waals surface area (Å²) in [7, 11) is 0. The molecule has 0 bridgehead atoms. The summed E-state index contributed by atoms with van der Waals surface area (Å²) in [6.07, 6.45) is 6.13. The van der Waals surface area contributed by atoms with Crippen LogP contribution in [0, 0.1) is 6.92 Å². The molecule has 0 unspecified atom stereocenters. The first kappa shape index (κ1) is 26.2. The van der Waals surface area contributed by atoms with Crippen molar-refractivity contribution in [3.05, 3.63) is 93.7 Å². The van der Waals surface area contributed by atoms with Gasteiger partial charge in [0, 0.05) is 17.5 Å². The molecule has 1 atom stereocenters. The average molecular weight is 503 g/mol. The number of hydrogen-bond acceptors (Lipinski definition) is 3. The highest BCUT2D eigenvalue weighted by molar-refractivity contribution is 7.10. The summed E-state index contributed by atoms with van der Waals surface area (Å²) >= 11 is 1.69. The molecular formula is C31H38N2O2S. The Labute approximate surface area is 219 Å². The van der Waals surface area contributed by atoms with Gasteiger partial charge in [0.15, 0.2) is 0 Å². The lowest BCUT2D eigenvalue weighted by molar-refractivity contribution is -0.144. The number of nitrogens with zero attached hydrogens (tertiary/aromatic N) is 2. The summed E-state index contributed by atoms with van der Waals surface area (Å²) in [5, 5.41) is 2.08. The smallest absolute Gasteiger partial charge is 0.242 e. The summed E-state index contributed by atoms with van der Waals surface area (Å²) < 4.78 is 0. The van der Waals surface area contributed by atoms with E-state index in [-0.39, 0.29) is 30.3 Å². The third-order valence-electron chi connectivity index (χ3n) is 7.38. The molecule has 0 saturated heterocycles. The van der Waals surface area contributed by atoms with Crippen molar-refractivity contribution in [2.45, 2.75) is 77.4 Å². The van der Waals surface area contributed by atoms with E-state index in [2.05, 4.69) is 37.4 Å². The predicted octanol–water partition coefficient (Wildman–Crippen LogP) is 6.94. The Morgan fingerprint density at radius 1 is 0.917 bits per heavy atom. The molecule has 5 heteroatoms. The van der Waals surface area contributed by atoms with Crippen molar-refractivity contribution < 1.29 is 9.59 Å². The van der Waals surface area contributed by atoms with Crippen LogP contribution < -0.4 is 0 Å². The lowest BCUT2D eigenvalue weighted by Crippen LogP contribution is -2.49. The van der Waals surface area contributed by atoms with E-state index in [4.69, 9.17) is 0 Å². The van der Waals surface area contributed by atoms with Gasteiger partial charge in [-0.1, -0.05) is 86.8 Å². The van der Waals surface area contributed by atoms with Crippen LogP contribution in [0.25, 0.3) is 0 Å². The zero-order valence-electron chi connectivity index (χ0n) is 21.6. The summed E-state index contributed by atoms with van der Waals surface area (Å²) in [4.78, 5) is 33.0. The van der Waals surface area contributed by atoms with E-state index in [0.29, 0.717) is 13.1 Å². The molecule has 36 heavy (non-hydrogen) atoms. The Kier molecular flexibility index (Phi) is 9.35. The van der Waals surface area contributed by atoms with Crippen LogP contribution in [0.5, 0.6) is 0 Å². The van der Waals surface area contributed by atoms with Gasteiger partial charge in [-0.3, -0.25) is 9.59 Å². The molecule has 190 valence electrons. The molecule has 2 aromatic carbocycles. The predicted molar refractivity (Wildman–Crippen MR) is 148 cm³/mol. The molecule has 1 fully saturated rings. The zero-order valence-corrected chi connectivity index (χ0v) is 22.4. The molecule has 0 spiro atoms. The van der Waals surface area contributed by atoms with Gasteiger partial charge in [0.25, 0.3) is 0 Å². The van der Waals surface area contributed by atoms with Crippen LogP contribution in [-0.4, -0.2) is 34.2 Å². The summed E-state index contributed by atoms with van der Waals surface area (Å²) in [5.74, 6) is -0.104. The summed E-state index contributed by atoms with van der Waals surface area (Å²) in [5.41, 5.74) is 3.35. The third kappa shape index (κ3) is 6.64. The molecule has 2 amide bonds. The second-order valence-electron chi connectivity index (χ2n) is 9.89. The van der Waals surface area contributed by atoms with Crippen LogP contribution in [0.4, 0.5) is 0 Å². The lowest BCUT2D eigenvalue weighted by Gasteiger charge is -2.37. The minimum absolute atomic E-state index is 0.0218. The molecule has 3 aromatic rings. The SMILES string of the molecule is CC[C@@H](C(=O)N(CC(=O)N(Cc1ccccc1)Cc1sccc1C)C1CCCCC1)c1ccccc1. The maximum atomic E-state index is 14.0. The van der Waals surface area contributed by atoms with Crippen LogP contribution in [0.3, 0.4) is 0 Å². The second-order valence-corrected chi connectivity index (χ2v) is 10.9. The first-order chi connectivity index (χ1) is 17.6. The molecular weight excluding hydrogens is 464 g/mol. The Bertz CT molecular complexity index is 1110. The molecule has 0 N–H and O–H groups in total. The molecule has 1 aliphatic carbocycles. The van der Waals surface area contributed by atoms with Crippen molar-refractivity contribution in [2.75, 3.05) is 6.54 Å². The van der Waals surface area contributed by atoms with E-state index in [1.807, 2.05) is 58.3 Å². The Hall–Kier alpha value is -2.92. The Morgan fingerprint density at radius 3 is 2.19 bits per heavy atom. The van der Waals surface area contributed by atoms with Crippen molar-refractivity contribution in [3.63, 3.8) is 0 Å². The monoisotopic (exact) mass is 502 g/mol. The van der Waals surface area contributed by atoms with Crippen LogP contribution in [-0.2, 0) is 22.7 Å². The molecule has 4 nitrogen and oxygen atoms in total. The van der Waals surface area contributed by atoms with Gasteiger partial charge in [-0.2, -0.15) is 0 Å². The van der Waals surface area contributed by atoms with Crippen LogP contribution in [0.15, 0.2) is 72.1 Å². The van der Waals surface area contributed by atoms with E-state index < -0.39 is 0 Å². The Morgan fingerprint density at radius 2 is 1.58 bits per heavy atom. The number of rotatable bonds is 10. The number of thiophene rings is 1. The van der Waals surface area contributed by atoms with Crippen molar-refractivity contribution in [3.8, 4) is 0 Å². The zero-order chi connectivity index (χ0) is 25.3. The van der Waals surface area contributed by atoms with Gasteiger partial charge >= 0.3 is 0 Å². The number of aryl methyl sites for hydroxylation is 1. The van der Waals surface area contributed by atoms with Gasteiger partial charge in [0.1, 0.15) is 6.54 Å². The molecule has 1 heterocycles. The largest absolute Gasteiger partial charge is 0.332 e. The number of amides is 2. The number of carbonyl (C=O) groups is 2. The average Bonchev–Trinajstić information content (AvgIpc) is 3.33. The van der Waals surface area contributed by atoms with Gasteiger partial charge in [0.2, 0.25) is 11.8 Å². The Balaban J connectivity index is 1.59. The third-order valence-corrected chi connectivity index (χ3v) is 8.39. The molecule has 1 saturated carbocycles. The fourth-order valence-corrected chi connectivity index (χ4v) is 6.16. The maximum Gasteiger partial charge on any atom is 0.242 e. The van der Waals surface area contributed by atoms with E-state index in [0.717, 1.165) is 43.2 Å². The highest BCUT2D eigenvalue weighted by atomic mass is 32.1. The lowest BCUT2D eigenvalue weighted by atomic mass is 9.90. The highest BCUT2D eigenvalue weighted by Crippen LogP contribution is 2.29. The van der Waals surface area contributed by atoms with E-state index in [1.54, 1.807) is 11.3 Å². The number of carbonyl (C=O) groups excluding carboxylic acids is 2. The summed E-state index contributed by atoms with van der Waals surface area (Å²) in [6, 6.07) is 22.4. The molecule has 0 aliphatic heterocycles. The number of benzene rings is 2. The van der Waals surface area contributed by atoms with Crippen molar-refractivity contribution in [1.29, 1.82) is 0 Å². The van der Waals surface area contributed by atoms with Crippen LogP contribution >= 0.6 is 11.3 Å². The van der Waals surface area contributed by atoms with E-state index in [1.165, 1.54) is 16.9 Å². The van der Waals surface area contributed by atoms with Crippen LogP contribution in [0.1, 0.15) is 72.9 Å². The fraction of sp³-hybridized carbons (Fsp3) is 0.419. The van der Waals surface area contributed by atoms with E-state index >= 15 is 0 Å². The molecule has 1 aromatic heterocycles. The summed E-state index contributed by atoms with van der Waals surface area (Å²) in [6.45, 7) is 5.42. The minimum Gasteiger partial charge on any atom is -0.332 e. The highest BCUT2D eigenvalue weighted by Gasteiger charge is 2.33. The minimum atomic E-state index is -0.219. The molecule has 4 rings (SSSR count). The number of hydrogen-bond donors (Lipinski definition) is 0. The van der Waals surface area contributed by atoms with E-state index in [9.17, 15) is 9.59 Å². The van der Waals surface area contributed by atoms with Gasteiger partial charge in [-0.25, -0.2) is 0 Å². The first-order valence-electron chi connectivity index (χ1n) is 13.3. The fourth-order valence-electron chi connectivity index (χ4n) is 5.24. The van der Waals surface area contributed by atoms with Gasteiger partial charge in [0.05, 0.1) is 12.5 Å². The maximum absolute atomic E-state index is 14.0. The first-order valence-corrected chi connectivity index (χ1v) is 14.1. The quantitative estimate of drug-likeness (QED) is 0.301. The van der Waals surface area contributed by atoms with Gasteiger partial charge in [-0.05, 0) is 54.3 Å². The van der Waals surface area contributed by atoms with Crippen molar-refractivity contribution in [2.24, 2.45) is 0 Å². The molecule has 0 radical (unpaired) electrons. The van der Waals surface area contributed by atoms with Crippen LogP contribution in [0.2, 0.25) is 0 Å². The second kappa shape index (κ2) is 12.9. The van der Waals surface area contributed by atoms with Crippen molar-refractivity contribution in [1.82, 2.24) is 9.80 Å². The standard InChI is InChI=1S/C31H38N2O2S/c1-3-28(26-15-9-5-10-16-26)31(35)33(27-17-11-6-12-18-27)23-30(34)32(21-25-13-7-4-8-14-25)22-29-24(2)19-20-36-29/h4-5,7-10,13-16,19-20,27-28H,3,6,11-12,17-18,21-23H2,1-2H3/t28-/m1/s1. The van der Waals surface area contributed by atoms with Gasteiger partial charge in [-0.15, -0.1) is 11.3 Å². The van der Waals surface area contributed by atoms with Crippen molar-refractivity contribution >= 4 is 23.2 Å². The van der Waals surface area contributed by atoms with Gasteiger partial charge < -0.3 is 9.80 Å². The topological polar surface area (TPSA) is 40.6 Å². The molecule has 1 aliphatic rings. The normalized spacial score (nSPS) is 14.8.